The third-order valence-corrected chi connectivity index (χ3v) is 4.67. The SMILES string of the molecule is CCc1csc(NC(=O)c2cc3ccccc3o2)c1C(=O)OC(C)(C)C. The number of carbonyl (C=O) groups excluding carboxylic acids is 2. The van der Waals surface area contributed by atoms with Gasteiger partial charge in [-0.3, -0.25) is 4.79 Å². The van der Waals surface area contributed by atoms with Crippen LogP contribution >= 0.6 is 11.3 Å². The van der Waals surface area contributed by atoms with Crippen molar-refractivity contribution in [3.63, 3.8) is 0 Å². The van der Waals surface area contributed by atoms with Crippen LogP contribution < -0.4 is 5.32 Å². The summed E-state index contributed by atoms with van der Waals surface area (Å²) in [6.45, 7) is 7.40. The number of aryl methyl sites for hydroxylation is 1. The molecule has 2 heterocycles. The molecule has 0 saturated heterocycles. The molecule has 0 aliphatic heterocycles. The van der Waals surface area contributed by atoms with Gasteiger partial charge in [0.2, 0.25) is 0 Å². The molecule has 1 aromatic carbocycles. The molecule has 3 aromatic rings. The fraction of sp³-hybridized carbons (Fsp3) is 0.300. The molecule has 6 heteroatoms. The largest absolute Gasteiger partial charge is 0.456 e. The minimum atomic E-state index is -0.607. The van der Waals surface area contributed by atoms with Gasteiger partial charge in [0.25, 0.3) is 5.91 Å². The molecule has 0 aliphatic carbocycles. The lowest BCUT2D eigenvalue weighted by Gasteiger charge is -2.20. The van der Waals surface area contributed by atoms with Crippen LogP contribution in [0.3, 0.4) is 0 Å². The molecule has 2 aromatic heterocycles. The van der Waals surface area contributed by atoms with Gasteiger partial charge >= 0.3 is 5.97 Å². The molecule has 3 rings (SSSR count). The van der Waals surface area contributed by atoms with Gasteiger partial charge in [-0.25, -0.2) is 4.79 Å². The first-order chi connectivity index (χ1) is 12.3. The van der Waals surface area contributed by atoms with E-state index >= 15 is 0 Å². The average Bonchev–Trinajstić information content (AvgIpc) is 3.16. The maximum absolute atomic E-state index is 12.6. The summed E-state index contributed by atoms with van der Waals surface area (Å²) in [5.74, 6) is -0.626. The Bertz CT molecular complexity index is 929. The molecule has 0 unspecified atom stereocenters. The van der Waals surface area contributed by atoms with Crippen LogP contribution in [0.25, 0.3) is 11.0 Å². The van der Waals surface area contributed by atoms with Crippen molar-refractivity contribution in [1.29, 1.82) is 0 Å². The fourth-order valence-corrected chi connectivity index (χ4v) is 3.59. The van der Waals surface area contributed by atoms with Crippen LogP contribution in [0.5, 0.6) is 0 Å². The van der Waals surface area contributed by atoms with Crippen LogP contribution in [-0.4, -0.2) is 17.5 Å². The Kier molecular flexibility index (Phi) is 4.87. The number of ether oxygens (including phenoxy) is 1. The zero-order valence-corrected chi connectivity index (χ0v) is 16.0. The van der Waals surface area contributed by atoms with E-state index in [0.29, 0.717) is 22.6 Å². The number of amides is 1. The molecule has 0 spiro atoms. The van der Waals surface area contributed by atoms with E-state index in [1.807, 2.05) is 51.3 Å². The molecule has 1 N–H and O–H groups in total. The number of esters is 1. The average molecular weight is 371 g/mol. The van der Waals surface area contributed by atoms with E-state index in [-0.39, 0.29) is 5.76 Å². The molecule has 0 saturated carbocycles. The van der Waals surface area contributed by atoms with Crippen LogP contribution in [0.15, 0.2) is 40.1 Å². The van der Waals surface area contributed by atoms with E-state index in [9.17, 15) is 9.59 Å². The number of carbonyl (C=O) groups is 2. The van der Waals surface area contributed by atoms with Gasteiger partial charge in [0, 0.05) is 5.39 Å². The number of fused-ring (bicyclic) bond motifs is 1. The van der Waals surface area contributed by atoms with Crippen molar-refractivity contribution in [2.75, 3.05) is 5.32 Å². The topological polar surface area (TPSA) is 68.5 Å². The summed E-state index contributed by atoms with van der Waals surface area (Å²) in [6, 6.07) is 9.10. The monoisotopic (exact) mass is 371 g/mol. The number of benzene rings is 1. The summed E-state index contributed by atoms with van der Waals surface area (Å²) in [7, 11) is 0. The second kappa shape index (κ2) is 6.96. The van der Waals surface area contributed by atoms with Crippen molar-refractivity contribution in [2.45, 2.75) is 39.7 Å². The molecule has 0 atom stereocenters. The van der Waals surface area contributed by atoms with Crippen LogP contribution in [-0.2, 0) is 11.2 Å². The number of hydrogen-bond acceptors (Lipinski definition) is 5. The summed E-state index contributed by atoms with van der Waals surface area (Å²) in [4.78, 5) is 25.2. The lowest BCUT2D eigenvalue weighted by atomic mass is 10.1. The van der Waals surface area contributed by atoms with Gasteiger partial charge < -0.3 is 14.5 Å². The van der Waals surface area contributed by atoms with Crippen molar-refractivity contribution >= 4 is 39.2 Å². The lowest BCUT2D eigenvalue weighted by Crippen LogP contribution is -2.25. The van der Waals surface area contributed by atoms with E-state index in [1.165, 1.54) is 11.3 Å². The Morgan fingerprint density at radius 2 is 1.96 bits per heavy atom. The quantitative estimate of drug-likeness (QED) is 0.635. The first-order valence-corrected chi connectivity index (χ1v) is 9.30. The highest BCUT2D eigenvalue weighted by molar-refractivity contribution is 7.15. The van der Waals surface area contributed by atoms with Gasteiger partial charge in [-0.05, 0) is 50.3 Å². The Balaban J connectivity index is 1.88. The van der Waals surface area contributed by atoms with E-state index in [1.54, 1.807) is 12.1 Å². The minimum Gasteiger partial charge on any atom is -0.456 e. The Labute approximate surface area is 156 Å². The number of hydrogen-bond donors (Lipinski definition) is 1. The van der Waals surface area contributed by atoms with Gasteiger partial charge in [0.1, 0.15) is 16.2 Å². The standard InChI is InChI=1S/C20H21NO4S/c1-5-12-11-26-18(16(12)19(23)25-20(2,3)4)21-17(22)15-10-13-8-6-7-9-14(13)24-15/h6-11H,5H2,1-4H3,(H,21,22). The van der Waals surface area contributed by atoms with Gasteiger partial charge in [-0.2, -0.15) is 0 Å². The van der Waals surface area contributed by atoms with E-state index < -0.39 is 17.5 Å². The summed E-state index contributed by atoms with van der Waals surface area (Å²) in [5, 5.41) is 5.99. The highest BCUT2D eigenvalue weighted by Gasteiger charge is 2.26. The summed E-state index contributed by atoms with van der Waals surface area (Å²) >= 11 is 1.31. The normalized spacial score (nSPS) is 11.5. The van der Waals surface area contributed by atoms with E-state index in [0.717, 1.165) is 10.9 Å². The number of anilines is 1. The molecule has 0 bridgehead atoms. The zero-order valence-electron chi connectivity index (χ0n) is 15.2. The van der Waals surface area contributed by atoms with Gasteiger partial charge in [0.15, 0.2) is 5.76 Å². The van der Waals surface area contributed by atoms with Crippen molar-refractivity contribution in [2.24, 2.45) is 0 Å². The molecule has 0 fully saturated rings. The number of thiophene rings is 1. The maximum Gasteiger partial charge on any atom is 0.341 e. The molecule has 136 valence electrons. The number of nitrogens with one attached hydrogen (secondary N) is 1. The third-order valence-electron chi connectivity index (χ3n) is 3.73. The maximum atomic E-state index is 12.6. The van der Waals surface area contributed by atoms with Crippen LogP contribution in [0.2, 0.25) is 0 Å². The van der Waals surface area contributed by atoms with Crippen molar-refractivity contribution in [1.82, 2.24) is 0 Å². The summed E-state index contributed by atoms with van der Waals surface area (Å²) in [5.41, 5.74) is 1.30. The molecule has 1 amide bonds. The van der Waals surface area contributed by atoms with Crippen molar-refractivity contribution in [3.05, 3.63) is 52.6 Å². The van der Waals surface area contributed by atoms with Crippen LogP contribution in [0.4, 0.5) is 5.00 Å². The smallest absolute Gasteiger partial charge is 0.341 e. The Morgan fingerprint density at radius 1 is 1.23 bits per heavy atom. The van der Waals surface area contributed by atoms with Crippen LogP contribution in [0.1, 0.15) is 54.2 Å². The molecule has 0 aliphatic rings. The molecular weight excluding hydrogens is 350 g/mol. The number of para-hydroxylation sites is 1. The van der Waals surface area contributed by atoms with Crippen molar-refractivity contribution < 1.29 is 18.7 Å². The predicted octanol–water partition coefficient (Wildman–Crippen LogP) is 5.26. The first kappa shape index (κ1) is 18.2. The Morgan fingerprint density at radius 3 is 2.62 bits per heavy atom. The summed E-state index contributed by atoms with van der Waals surface area (Å²) < 4.78 is 11.1. The van der Waals surface area contributed by atoms with Gasteiger partial charge in [-0.1, -0.05) is 25.1 Å². The highest BCUT2D eigenvalue weighted by atomic mass is 32.1. The first-order valence-electron chi connectivity index (χ1n) is 8.42. The minimum absolute atomic E-state index is 0.202. The third kappa shape index (κ3) is 3.80. The van der Waals surface area contributed by atoms with Gasteiger partial charge in [-0.15, -0.1) is 11.3 Å². The highest BCUT2D eigenvalue weighted by Crippen LogP contribution is 2.31. The lowest BCUT2D eigenvalue weighted by molar-refractivity contribution is 0.00702. The van der Waals surface area contributed by atoms with E-state index in [4.69, 9.17) is 9.15 Å². The number of furan rings is 1. The number of rotatable bonds is 4. The second-order valence-electron chi connectivity index (χ2n) is 6.92. The van der Waals surface area contributed by atoms with Gasteiger partial charge in [0.05, 0.1) is 5.56 Å². The molecule has 5 nitrogen and oxygen atoms in total. The molecule has 0 radical (unpaired) electrons. The van der Waals surface area contributed by atoms with E-state index in [2.05, 4.69) is 5.32 Å². The zero-order chi connectivity index (χ0) is 18.9. The molecule has 26 heavy (non-hydrogen) atoms. The Hall–Kier alpha value is -2.60. The van der Waals surface area contributed by atoms with Crippen molar-refractivity contribution in [3.8, 4) is 0 Å². The predicted molar refractivity (Wildman–Crippen MR) is 103 cm³/mol. The fourth-order valence-electron chi connectivity index (χ4n) is 2.56. The molecular formula is C20H21NO4S. The van der Waals surface area contributed by atoms with Crippen LogP contribution in [0, 0.1) is 0 Å². The second-order valence-corrected chi connectivity index (χ2v) is 7.80. The summed E-state index contributed by atoms with van der Waals surface area (Å²) in [6.07, 6.45) is 0.672.